The molecule has 0 atom stereocenters. The molecule has 0 bridgehead atoms. The highest BCUT2D eigenvalue weighted by Gasteiger charge is 2.47. The molecule has 1 fully saturated rings. The topological polar surface area (TPSA) is 105 Å². The van der Waals surface area contributed by atoms with Gasteiger partial charge in [-0.15, -0.1) is 0 Å². The van der Waals surface area contributed by atoms with Gasteiger partial charge in [0.05, 0.1) is 7.11 Å². The lowest BCUT2D eigenvalue weighted by molar-refractivity contribution is -0.150. The summed E-state index contributed by atoms with van der Waals surface area (Å²) in [6, 6.07) is 0. The number of hydrogen-bond donors (Lipinski definition) is 0. The first-order chi connectivity index (χ1) is 7.02. The van der Waals surface area contributed by atoms with Crippen LogP contribution in [0.3, 0.4) is 0 Å². The smallest absolute Gasteiger partial charge is 0.469 e. The van der Waals surface area contributed by atoms with E-state index in [1.165, 1.54) is 0 Å². The number of carbonyl (C=O) groups excluding carboxylic acids is 4. The maximum Gasteiger partial charge on any atom is 0.870 e. The Bertz CT molecular complexity index is 307. The normalized spacial score (nSPS) is 14.3. The molecule has 0 aliphatic carbocycles. The van der Waals surface area contributed by atoms with Crippen molar-refractivity contribution in [3.8, 4) is 0 Å². The van der Waals surface area contributed by atoms with E-state index in [1.54, 1.807) is 0 Å². The molecule has 0 aromatic heterocycles. The Morgan fingerprint density at radius 2 is 1.73 bits per heavy atom. The van der Waals surface area contributed by atoms with Crippen LogP contribution in [0.4, 0.5) is 0 Å². The van der Waals surface area contributed by atoms with Gasteiger partial charge in [-0.3, -0.25) is 9.59 Å². The summed E-state index contributed by atoms with van der Waals surface area (Å²) in [6.45, 7) is 0. The van der Waals surface area contributed by atoms with Gasteiger partial charge in [0.15, 0.2) is 0 Å². The molecule has 1 aliphatic heterocycles. The first-order valence-electron chi connectivity index (χ1n) is 3.71. The van der Waals surface area contributed by atoms with Gasteiger partial charge in [-0.05, 0) is 0 Å². The predicted molar refractivity (Wildman–Crippen MR) is 40.7 cm³/mol. The van der Waals surface area contributed by atoms with Gasteiger partial charge in [-0.25, -0.2) is 9.59 Å². The Labute approximate surface area is 83.6 Å². The molecule has 1 saturated heterocycles. The number of ether oxygens (including phenoxy) is 1. The average molecular weight is 216 g/mol. The molecule has 1 aliphatic rings. The third kappa shape index (κ3) is 2.97. The van der Waals surface area contributed by atoms with Crippen molar-refractivity contribution in [3.05, 3.63) is 0 Å². The van der Waals surface area contributed by atoms with Crippen molar-refractivity contribution < 1.29 is 37.9 Å². The van der Waals surface area contributed by atoms with E-state index in [1.807, 2.05) is 0 Å². The molecule has 1 heterocycles. The Kier molecular flexibility index (Phi) is 3.27. The van der Waals surface area contributed by atoms with Gasteiger partial charge in [0.25, 0.3) is 0 Å². The van der Waals surface area contributed by atoms with E-state index in [0.29, 0.717) is 0 Å². The number of carbonyl (C=O) groups is 4. The zero-order valence-corrected chi connectivity index (χ0v) is 7.55. The summed E-state index contributed by atoms with van der Waals surface area (Å²) in [7, 11) is -0.632. The lowest BCUT2D eigenvalue weighted by Gasteiger charge is -2.02. The molecule has 0 radical (unpaired) electrons. The molecule has 15 heavy (non-hydrogen) atoms. The summed E-state index contributed by atoms with van der Waals surface area (Å²) in [5.41, 5.74) is 0. The number of hydrogen-bond acceptors (Lipinski definition) is 8. The molecule has 9 heteroatoms. The minimum absolute atomic E-state index is 0.665. The third-order valence-electron chi connectivity index (χ3n) is 1.32. The van der Waals surface area contributed by atoms with Crippen LogP contribution in [0.5, 0.6) is 0 Å². The van der Waals surface area contributed by atoms with Crippen LogP contribution < -0.4 is 0 Å². The van der Waals surface area contributed by atoms with E-state index in [0.717, 1.165) is 7.11 Å². The van der Waals surface area contributed by atoms with Crippen LogP contribution in [-0.2, 0) is 37.9 Å². The first kappa shape index (κ1) is 11.0. The summed E-state index contributed by atoms with van der Waals surface area (Å²) >= 11 is 0. The lowest BCUT2D eigenvalue weighted by Crippen LogP contribution is -2.26. The molecule has 8 nitrogen and oxygen atoms in total. The van der Waals surface area contributed by atoms with Crippen LogP contribution in [0.15, 0.2) is 0 Å². The maximum absolute atomic E-state index is 10.9. The number of esters is 1. The minimum atomic E-state index is -1.72. The molecule has 0 saturated carbocycles. The van der Waals surface area contributed by atoms with E-state index >= 15 is 0 Å². The molecule has 0 N–H and O–H groups in total. The van der Waals surface area contributed by atoms with Crippen LogP contribution in [0, 0.1) is 0 Å². The van der Waals surface area contributed by atoms with E-state index in [-0.39, 0.29) is 0 Å². The second kappa shape index (κ2) is 4.44. The summed E-state index contributed by atoms with van der Waals surface area (Å²) in [5.74, 6) is -4.37. The SMILES string of the molecule is COC(=O)CC(=O)OB1OC(=O)C(=O)O1. The number of methoxy groups -OCH3 is 1. The second-order valence-corrected chi connectivity index (χ2v) is 2.34. The summed E-state index contributed by atoms with van der Waals surface area (Å²) < 4.78 is 16.8. The zero-order chi connectivity index (χ0) is 11.4. The monoisotopic (exact) mass is 216 g/mol. The highest BCUT2D eigenvalue weighted by atomic mass is 16.8. The van der Waals surface area contributed by atoms with Gasteiger partial charge in [0.1, 0.15) is 6.42 Å². The molecule has 80 valence electrons. The van der Waals surface area contributed by atoms with Crippen molar-refractivity contribution in [1.29, 1.82) is 0 Å². The Morgan fingerprint density at radius 1 is 1.20 bits per heavy atom. The van der Waals surface area contributed by atoms with Gasteiger partial charge in [-0.1, -0.05) is 0 Å². The fourth-order valence-electron chi connectivity index (χ4n) is 0.682. The molecule has 1 rings (SSSR count). The summed E-state index contributed by atoms with van der Waals surface area (Å²) in [6.07, 6.45) is -0.665. The fourth-order valence-corrected chi connectivity index (χ4v) is 0.682. The van der Waals surface area contributed by atoms with Crippen LogP contribution in [-0.4, -0.2) is 38.3 Å². The summed E-state index contributed by atoms with van der Waals surface area (Å²) in [4.78, 5) is 42.4. The molecule has 0 unspecified atom stereocenters. The van der Waals surface area contributed by atoms with E-state index in [4.69, 9.17) is 0 Å². The van der Waals surface area contributed by atoms with Gasteiger partial charge in [0.2, 0.25) is 0 Å². The predicted octanol–water partition coefficient (Wildman–Crippen LogP) is -1.82. The van der Waals surface area contributed by atoms with Crippen molar-refractivity contribution in [3.63, 3.8) is 0 Å². The number of rotatable bonds is 3. The van der Waals surface area contributed by atoms with Crippen LogP contribution in [0.25, 0.3) is 0 Å². The quantitative estimate of drug-likeness (QED) is 0.235. The lowest BCUT2D eigenvalue weighted by atomic mass is 10.2. The molecule has 0 aromatic rings. The Morgan fingerprint density at radius 3 is 2.20 bits per heavy atom. The minimum Gasteiger partial charge on any atom is -0.469 e. The first-order valence-corrected chi connectivity index (χ1v) is 3.71. The molecule has 0 amide bonds. The summed E-state index contributed by atoms with van der Waals surface area (Å²) in [5, 5.41) is 0. The van der Waals surface area contributed by atoms with E-state index < -0.39 is 37.6 Å². The second-order valence-electron chi connectivity index (χ2n) is 2.34. The van der Waals surface area contributed by atoms with Crippen molar-refractivity contribution >= 4 is 31.2 Å². The Balaban J connectivity index is 2.37. The van der Waals surface area contributed by atoms with Crippen molar-refractivity contribution in [2.24, 2.45) is 0 Å². The van der Waals surface area contributed by atoms with Gasteiger partial charge >= 0.3 is 31.2 Å². The van der Waals surface area contributed by atoms with E-state index in [9.17, 15) is 19.2 Å². The van der Waals surface area contributed by atoms with Crippen molar-refractivity contribution in [2.75, 3.05) is 7.11 Å². The van der Waals surface area contributed by atoms with Crippen LogP contribution in [0.1, 0.15) is 6.42 Å². The average Bonchev–Trinajstić information content (AvgIpc) is 2.45. The fraction of sp³-hybridized carbons (Fsp3) is 0.333. The van der Waals surface area contributed by atoms with Gasteiger partial charge in [0, 0.05) is 0 Å². The van der Waals surface area contributed by atoms with Crippen molar-refractivity contribution in [1.82, 2.24) is 0 Å². The van der Waals surface area contributed by atoms with Crippen molar-refractivity contribution in [2.45, 2.75) is 6.42 Å². The molecule has 0 spiro atoms. The van der Waals surface area contributed by atoms with Gasteiger partial charge in [-0.2, -0.15) is 0 Å². The largest absolute Gasteiger partial charge is 0.870 e. The Hall–Kier alpha value is -2.06. The molecular weight excluding hydrogens is 211 g/mol. The van der Waals surface area contributed by atoms with Crippen LogP contribution >= 0.6 is 0 Å². The molecule has 0 aromatic carbocycles. The van der Waals surface area contributed by atoms with Crippen LogP contribution in [0.2, 0.25) is 0 Å². The highest BCUT2D eigenvalue weighted by Crippen LogP contribution is 2.05. The standard InChI is InChI=1S/C6H5BO8/c1-12-3(8)2-4(9)13-7-14-5(10)6(11)15-7/h2H2,1H3. The zero-order valence-electron chi connectivity index (χ0n) is 7.55. The molecular formula is C6H5BO8. The third-order valence-corrected chi connectivity index (χ3v) is 1.32. The van der Waals surface area contributed by atoms with E-state index in [2.05, 4.69) is 18.7 Å². The highest BCUT2D eigenvalue weighted by molar-refractivity contribution is 6.56. The maximum atomic E-state index is 10.9. The van der Waals surface area contributed by atoms with Gasteiger partial charge < -0.3 is 18.7 Å².